The molecule has 3 rings (SSSR count). The van der Waals surface area contributed by atoms with Crippen molar-refractivity contribution >= 4 is 26.6 Å². The van der Waals surface area contributed by atoms with Gasteiger partial charge in [0.05, 0.1) is 17.0 Å². The average Bonchev–Trinajstić information content (AvgIpc) is 3.00. The smallest absolute Gasteiger partial charge is 0.220 e. The molecule has 5 nitrogen and oxygen atoms in total. The molecule has 1 fully saturated rings. The molecular weight excluding hydrogens is 312 g/mol. The molecule has 1 saturated heterocycles. The summed E-state index contributed by atoms with van der Waals surface area (Å²) in [5, 5.41) is 4.10. The topological polar surface area (TPSA) is 79.0 Å². The standard InChI is InChI=1S/C17H22N2O3S/c1-17(9-10-23(21,22)12-17)19-16(20)8-4-5-13-11-18-15-7-3-2-6-14(13)15/h2-3,6-7,11,18H,4-5,8-10,12H2,1H3,(H,19,20)/t17-/m0/s1. The minimum Gasteiger partial charge on any atom is -0.361 e. The van der Waals surface area contributed by atoms with E-state index in [1.807, 2.05) is 31.3 Å². The molecule has 1 aliphatic rings. The molecule has 2 heterocycles. The molecule has 0 spiro atoms. The summed E-state index contributed by atoms with van der Waals surface area (Å²) < 4.78 is 23.1. The van der Waals surface area contributed by atoms with Gasteiger partial charge in [-0.2, -0.15) is 0 Å². The highest BCUT2D eigenvalue weighted by Gasteiger charge is 2.39. The second-order valence-corrected chi connectivity index (χ2v) is 8.85. The van der Waals surface area contributed by atoms with E-state index < -0.39 is 15.4 Å². The van der Waals surface area contributed by atoms with Crippen molar-refractivity contribution in [2.24, 2.45) is 0 Å². The van der Waals surface area contributed by atoms with Gasteiger partial charge in [-0.25, -0.2) is 8.42 Å². The third-order valence-corrected chi connectivity index (χ3v) is 6.37. The van der Waals surface area contributed by atoms with Gasteiger partial charge in [0.25, 0.3) is 0 Å². The number of H-pyrrole nitrogens is 1. The molecule has 1 aromatic carbocycles. The Morgan fingerprint density at radius 3 is 2.87 bits per heavy atom. The van der Waals surface area contributed by atoms with Crippen LogP contribution in [-0.4, -0.2) is 36.4 Å². The molecule has 0 aliphatic carbocycles. The van der Waals surface area contributed by atoms with Gasteiger partial charge in [-0.3, -0.25) is 4.79 Å². The predicted molar refractivity (Wildman–Crippen MR) is 91.1 cm³/mol. The number of carbonyl (C=O) groups excluding carboxylic acids is 1. The lowest BCUT2D eigenvalue weighted by atomic mass is 10.0. The first-order chi connectivity index (χ1) is 10.9. The Bertz CT molecular complexity index is 825. The Morgan fingerprint density at radius 1 is 1.35 bits per heavy atom. The number of hydrogen-bond donors (Lipinski definition) is 2. The van der Waals surface area contributed by atoms with Crippen molar-refractivity contribution < 1.29 is 13.2 Å². The first kappa shape index (κ1) is 16.1. The van der Waals surface area contributed by atoms with Crippen LogP contribution in [0.3, 0.4) is 0 Å². The highest BCUT2D eigenvalue weighted by atomic mass is 32.2. The quantitative estimate of drug-likeness (QED) is 0.879. The molecule has 1 atom stereocenters. The van der Waals surface area contributed by atoms with E-state index >= 15 is 0 Å². The third-order valence-electron chi connectivity index (χ3n) is 4.47. The van der Waals surface area contributed by atoms with Crippen molar-refractivity contribution in [3.05, 3.63) is 36.0 Å². The number of rotatable bonds is 5. The number of fused-ring (bicyclic) bond motifs is 1. The van der Waals surface area contributed by atoms with Crippen molar-refractivity contribution in [2.75, 3.05) is 11.5 Å². The highest BCUT2D eigenvalue weighted by molar-refractivity contribution is 7.91. The summed E-state index contributed by atoms with van der Waals surface area (Å²) in [5.41, 5.74) is 1.72. The second kappa shape index (κ2) is 6.00. The number of sulfone groups is 1. The summed E-state index contributed by atoms with van der Waals surface area (Å²) in [6.07, 6.45) is 4.48. The maximum atomic E-state index is 12.1. The number of aryl methyl sites for hydroxylation is 1. The Kier molecular flexibility index (Phi) is 4.19. The number of benzene rings is 1. The van der Waals surface area contributed by atoms with Crippen LogP contribution < -0.4 is 5.32 Å². The molecule has 6 heteroatoms. The number of carbonyl (C=O) groups is 1. The van der Waals surface area contributed by atoms with Gasteiger partial charge in [0.15, 0.2) is 9.84 Å². The van der Waals surface area contributed by atoms with E-state index in [-0.39, 0.29) is 17.4 Å². The summed E-state index contributed by atoms with van der Waals surface area (Å²) in [6.45, 7) is 1.81. The van der Waals surface area contributed by atoms with Crippen LogP contribution in [0.5, 0.6) is 0 Å². The van der Waals surface area contributed by atoms with E-state index in [4.69, 9.17) is 0 Å². The number of aromatic amines is 1. The highest BCUT2D eigenvalue weighted by Crippen LogP contribution is 2.23. The molecule has 23 heavy (non-hydrogen) atoms. The average molecular weight is 334 g/mol. The Morgan fingerprint density at radius 2 is 2.13 bits per heavy atom. The summed E-state index contributed by atoms with van der Waals surface area (Å²) in [5.74, 6) is 0.150. The van der Waals surface area contributed by atoms with Crippen LogP contribution in [0.1, 0.15) is 31.7 Å². The molecule has 1 aliphatic heterocycles. The van der Waals surface area contributed by atoms with Gasteiger partial charge in [-0.05, 0) is 37.8 Å². The maximum absolute atomic E-state index is 12.1. The molecular formula is C17H22N2O3S. The Hall–Kier alpha value is -1.82. The summed E-state index contributed by atoms with van der Waals surface area (Å²) in [4.78, 5) is 15.3. The largest absolute Gasteiger partial charge is 0.361 e. The Labute approximate surface area is 136 Å². The van der Waals surface area contributed by atoms with Crippen LogP contribution in [0.15, 0.2) is 30.5 Å². The van der Waals surface area contributed by atoms with Crippen molar-refractivity contribution in [1.82, 2.24) is 10.3 Å². The zero-order chi connectivity index (χ0) is 16.5. The fourth-order valence-electron chi connectivity index (χ4n) is 3.29. The summed E-state index contributed by atoms with van der Waals surface area (Å²) >= 11 is 0. The van der Waals surface area contributed by atoms with Crippen molar-refractivity contribution in [1.29, 1.82) is 0 Å². The molecule has 0 saturated carbocycles. The molecule has 0 bridgehead atoms. The second-order valence-electron chi connectivity index (χ2n) is 6.66. The van der Waals surface area contributed by atoms with E-state index in [0.717, 1.165) is 18.4 Å². The first-order valence-corrected chi connectivity index (χ1v) is 9.76. The van der Waals surface area contributed by atoms with Crippen LogP contribution in [0, 0.1) is 0 Å². The lowest BCUT2D eigenvalue weighted by molar-refractivity contribution is -0.122. The van der Waals surface area contributed by atoms with Crippen molar-refractivity contribution in [2.45, 2.75) is 38.1 Å². The van der Waals surface area contributed by atoms with E-state index in [0.29, 0.717) is 12.8 Å². The molecule has 1 aromatic heterocycles. The predicted octanol–water partition coefficient (Wildman–Crippen LogP) is 2.18. The summed E-state index contributed by atoms with van der Waals surface area (Å²) in [6, 6.07) is 8.11. The van der Waals surface area contributed by atoms with Crippen LogP contribution in [-0.2, 0) is 21.1 Å². The van der Waals surface area contributed by atoms with Crippen LogP contribution in [0.25, 0.3) is 10.9 Å². The maximum Gasteiger partial charge on any atom is 0.220 e. The van der Waals surface area contributed by atoms with Gasteiger partial charge in [0.2, 0.25) is 5.91 Å². The van der Waals surface area contributed by atoms with E-state index in [1.165, 1.54) is 10.9 Å². The van der Waals surface area contributed by atoms with Gasteiger partial charge in [-0.15, -0.1) is 0 Å². The molecule has 1 amide bonds. The number of amides is 1. The third kappa shape index (κ3) is 3.75. The minimum absolute atomic E-state index is 0.0498. The fraction of sp³-hybridized carbons (Fsp3) is 0.471. The van der Waals surface area contributed by atoms with E-state index in [2.05, 4.69) is 16.4 Å². The van der Waals surface area contributed by atoms with Crippen molar-refractivity contribution in [3.8, 4) is 0 Å². The van der Waals surface area contributed by atoms with E-state index in [9.17, 15) is 13.2 Å². The normalized spacial score (nSPS) is 23.2. The van der Waals surface area contributed by atoms with Gasteiger partial charge < -0.3 is 10.3 Å². The zero-order valence-electron chi connectivity index (χ0n) is 13.3. The molecule has 2 aromatic rings. The van der Waals surface area contributed by atoms with Gasteiger partial charge >= 0.3 is 0 Å². The fourth-order valence-corrected chi connectivity index (χ4v) is 5.38. The van der Waals surface area contributed by atoms with Crippen LogP contribution >= 0.6 is 0 Å². The van der Waals surface area contributed by atoms with Gasteiger partial charge in [0.1, 0.15) is 0 Å². The lowest BCUT2D eigenvalue weighted by Gasteiger charge is -2.23. The first-order valence-electron chi connectivity index (χ1n) is 7.93. The SMILES string of the molecule is C[C@]1(NC(=O)CCCc2c[nH]c3ccccc23)CCS(=O)(=O)C1. The molecule has 124 valence electrons. The molecule has 0 radical (unpaired) electrons. The number of hydrogen-bond acceptors (Lipinski definition) is 3. The van der Waals surface area contributed by atoms with Gasteiger partial charge in [0, 0.05) is 23.5 Å². The molecule has 0 unspecified atom stereocenters. The minimum atomic E-state index is -3.00. The number of para-hydroxylation sites is 1. The van der Waals surface area contributed by atoms with E-state index in [1.54, 1.807) is 0 Å². The number of aromatic nitrogens is 1. The number of nitrogens with one attached hydrogen (secondary N) is 2. The van der Waals surface area contributed by atoms with Crippen LogP contribution in [0.2, 0.25) is 0 Å². The van der Waals surface area contributed by atoms with Gasteiger partial charge in [-0.1, -0.05) is 18.2 Å². The van der Waals surface area contributed by atoms with Crippen molar-refractivity contribution in [3.63, 3.8) is 0 Å². The molecule has 2 N–H and O–H groups in total. The monoisotopic (exact) mass is 334 g/mol. The zero-order valence-corrected chi connectivity index (χ0v) is 14.1. The summed E-state index contributed by atoms with van der Waals surface area (Å²) in [7, 11) is -3.00. The van der Waals surface area contributed by atoms with Crippen LogP contribution in [0.4, 0.5) is 0 Å². The Balaban J connectivity index is 1.52. The lowest BCUT2D eigenvalue weighted by Crippen LogP contribution is -2.46.